The highest BCUT2D eigenvalue weighted by Crippen LogP contribution is 2.28. The molecule has 2 aromatic rings. The Labute approximate surface area is 201 Å². The molecule has 0 bridgehead atoms. The van der Waals surface area contributed by atoms with E-state index in [4.69, 9.17) is 4.74 Å². The number of nitrogens with one attached hydrogen (secondary N) is 1. The molecule has 1 atom stereocenters. The maximum Gasteiger partial charge on any atom is 0.243 e. The molecule has 0 radical (unpaired) electrons. The van der Waals surface area contributed by atoms with E-state index in [1.807, 2.05) is 19.1 Å². The molecule has 0 aromatic heterocycles. The van der Waals surface area contributed by atoms with Crippen molar-refractivity contribution in [2.75, 3.05) is 62.7 Å². The van der Waals surface area contributed by atoms with Crippen LogP contribution >= 0.6 is 0 Å². The molecule has 2 fully saturated rings. The molecular weight excluding hydrogens is 456 g/mol. The van der Waals surface area contributed by atoms with Gasteiger partial charge in [-0.1, -0.05) is 18.2 Å². The van der Waals surface area contributed by atoms with E-state index in [2.05, 4.69) is 15.1 Å². The van der Waals surface area contributed by atoms with E-state index in [0.29, 0.717) is 63.7 Å². The van der Waals surface area contributed by atoms with Crippen molar-refractivity contribution in [2.45, 2.75) is 24.8 Å². The number of morpholine rings is 1. The highest BCUT2D eigenvalue weighted by molar-refractivity contribution is 7.89. The van der Waals surface area contributed by atoms with Gasteiger partial charge in [0.05, 0.1) is 29.8 Å². The minimum absolute atomic E-state index is 0.186. The van der Waals surface area contributed by atoms with Crippen molar-refractivity contribution in [2.24, 2.45) is 0 Å². The van der Waals surface area contributed by atoms with Gasteiger partial charge in [0.2, 0.25) is 15.9 Å². The van der Waals surface area contributed by atoms with E-state index in [9.17, 15) is 18.3 Å². The second kappa shape index (κ2) is 10.3. The average Bonchev–Trinajstić information content (AvgIpc) is 2.85. The Bertz CT molecular complexity index is 1130. The molecule has 2 saturated heterocycles. The van der Waals surface area contributed by atoms with Gasteiger partial charge in [-0.2, -0.15) is 4.31 Å². The van der Waals surface area contributed by atoms with E-state index in [1.165, 1.54) is 4.31 Å². The summed E-state index contributed by atoms with van der Waals surface area (Å²) in [5, 5.41) is 13.0. The fourth-order valence-electron chi connectivity index (χ4n) is 4.38. The first-order chi connectivity index (χ1) is 16.3. The Kier molecular flexibility index (Phi) is 7.42. The number of benzene rings is 2. The number of aryl methyl sites for hydroxylation is 1. The smallest absolute Gasteiger partial charge is 0.243 e. The number of ether oxygens (including phenoxy) is 1. The summed E-state index contributed by atoms with van der Waals surface area (Å²) in [5.41, 5.74) is 1.90. The number of hydrogen-bond donors (Lipinski definition) is 2. The first-order valence-corrected chi connectivity index (χ1v) is 13.0. The minimum atomic E-state index is -3.66. The van der Waals surface area contributed by atoms with Crippen LogP contribution in [0, 0.1) is 6.92 Å². The Morgan fingerprint density at radius 2 is 1.71 bits per heavy atom. The van der Waals surface area contributed by atoms with Gasteiger partial charge < -0.3 is 20.1 Å². The number of rotatable bonds is 6. The SMILES string of the molecule is Cc1ccc(NC(=O)C(C)N2CCN(c3ccccc3O)CC2)cc1S(=O)(=O)N1CCOCC1. The lowest BCUT2D eigenvalue weighted by Gasteiger charge is -2.38. The molecule has 34 heavy (non-hydrogen) atoms. The number of para-hydroxylation sites is 2. The van der Waals surface area contributed by atoms with E-state index in [0.717, 1.165) is 5.69 Å². The fraction of sp³-hybridized carbons (Fsp3) is 0.458. The molecule has 0 aliphatic carbocycles. The summed E-state index contributed by atoms with van der Waals surface area (Å²) in [6.07, 6.45) is 0. The lowest BCUT2D eigenvalue weighted by Crippen LogP contribution is -2.52. The van der Waals surface area contributed by atoms with Gasteiger partial charge in [-0.25, -0.2) is 8.42 Å². The third-order valence-corrected chi connectivity index (χ3v) is 8.55. The van der Waals surface area contributed by atoms with Gasteiger partial charge in [0.25, 0.3) is 0 Å². The number of phenols is 1. The third kappa shape index (κ3) is 5.20. The highest BCUT2D eigenvalue weighted by atomic mass is 32.2. The number of phenolic OH excluding ortho intramolecular Hbond substituents is 1. The van der Waals surface area contributed by atoms with Crippen LogP contribution in [0.3, 0.4) is 0 Å². The maximum absolute atomic E-state index is 13.1. The van der Waals surface area contributed by atoms with Crippen molar-refractivity contribution < 1.29 is 23.1 Å². The van der Waals surface area contributed by atoms with E-state index in [1.54, 1.807) is 37.3 Å². The minimum Gasteiger partial charge on any atom is -0.506 e. The zero-order valence-corrected chi connectivity index (χ0v) is 20.4. The highest BCUT2D eigenvalue weighted by Gasteiger charge is 2.29. The summed E-state index contributed by atoms with van der Waals surface area (Å²) in [5.74, 6) is 0.0681. The van der Waals surface area contributed by atoms with Crippen LogP contribution in [-0.2, 0) is 19.6 Å². The van der Waals surface area contributed by atoms with Crippen LogP contribution in [0.1, 0.15) is 12.5 Å². The average molecular weight is 489 g/mol. The van der Waals surface area contributed by atoms with E-state index in [-0.39, 0.29) is 22.6 Å². The van der Waals surface area contributed by atoms with Gasteiger partial charge in [0.15, 0.2) is 0 Å². The fourth-order valence-corrected chi connectivity index (χ4v) is 6.03. The summed E-state index contributed by atoms with van der Waals surface area (Å²) in [4.78, 5) is 17.4. The number of carbonyl (C=O) groups excluding carboxylic acids is 1. The number of sulfonamides is 1. The van der Waals surface area contributed by atoms with Crippen molar-refractivity contribution in [3.63, 3.8) is 0 Å². The molecule has 2 aliphatic heterocycles. The molecule has 2 aliphatic rings. The molecule has 1 unspecified atom stereocenters. The van der Waals surface area contributed by atoms with Crippen LogP contribution < -0.4 is 10.2 Å². The standard InChI is InChI=1S/C24H32N4O5S/c1-18-7-8-20(17-23(18)34(31,32)28-13-15-33-16-14-28)25-24(30)19(2)26-9-11-27(12-10-26)21-5-3-4-6-22(21)29/h3-8,17,19,29H,9-16H2,1-2H3,(H,25,30). The van der Waals surface area contributed by atoms with Gasteiger partial charge in [-0.3, -0.25) is 9.69 Å². The van der Waals surface area contributed by atoms with Crippen LogP contribution in [0.4, 0.5) is 11.4 Å². The molecule has 2 N–H and O–H groups in total. The van der Waals surface area contributed by atoms with E-state index < -0.39 is 10.0 Å². The molecule has 4 rings (SSSR count). The first-order valence-electron chi connectivity index (χ1n) is 11.5. The number of nitrogens with zero attached hydrogens (tertiary/aromatic N) is 3. The third-order valence-electron chi connectivity index (χ3n) is 6.51. The predicted octanol–water partition coefficient (Wildman–Crippen LogP) is 1.87. The second-order valence-electron chi connectivity index (χ2n) is 8.67. The zero-order chi connectivity index (χ0) is 24.3. The van der Waals surface area contributed by atoms with E-state index >= 15 is 0 Å². The number of carbonyl (C=O) groups is 1. The summed E-state index contributed by atoms with van der Waals surface area (Å²) in [6.45, 7) is 7.75. The van der Waals surface area contributed by atoms with Gasteiger partial charge in [-0.05, 0) is 43.7 Å². The largest absolute Gasteiger partial charge is 0.506 e. The molecule has 184 valence electrons. The molecule has 9 nitrogen and oxygen atoms in total. The number of hydrogen-bond acceptors (Lipinski definition) is 7. The van der Waals surface area contributed by atoms with Crippen LogP contribution in [0.5, 0.6) is 5.75 Å². The lowest BCUT2D eigenvalue weighted by atomic mass is 10.1. The van der Waals surface area contributed by atoms with Crippen molar-refractivity contribution in [1.82, 2.24) is 9.21 Å². The molecule has 1 amide bonds. The van der Waals surface area contributed by atoms with Crippen molar-refractivity contribution in [3.05, 3.63) is 48.0 Å². The lowest BCUT2D eigenvalue weighted by molar-refractivity contribution is -0.120. The van der Waals surface area contributed by atoms with Gasteiger partial charge >= 0.3 is 0 Å². The summed E-state index contributed by atoms with van der Waals surface area (Å²) in [7, 11) is -3.66. The maximum atomic E-state index is 13.1. The molecule has 10 heteroatoms. The number of piperazine rings is 1. The summed E-state index contributed by atoms with van der Waals surface area (Å²) in [6, 6.07) is 11.9. The molecule has 0 spiro atoms. The molecule has 0 saturated carbocycles. The zero-order valence-electron chi connectivity index (χ0n) is 19.6. The van der Waals surface area contributed by atoms with Gasteiger partial charge in [0.1, 0.15) is 5.75 Å². The monoisotopic (exact) mass is 488 g/mol. The number of aromatic hydroxyl groups is 1. The predicted molar refractivity (Wildman–Crippen MR) is 131 cm³/mol. The van der Waals surface area contributed by atoms with Crippen LogP contribution in [0.15, 0.2) is 47.4 Å². The van der Waals surface area contributed by atoms with Crippen LogP contribution in [0.25, 0.3) is 0 Å². The Morgan fingerprint density at radius 1 is 1.03 bits per heavy atom. The Morgan fingerprint density at radius 3 is 2.38 bits per heavy atom. The van der Waals surface area contributed by atoms with Gasteiger partial charge in [0, 0.05) is 45.0 Å². The quantitative estimate of drug-likeness (QED) is 0.640. The van der Waals surface area contributed by atoms with Crippen LogP contribution in [0.2, 0.25) is 0 Å². The first kappa shape index (κ1) is 24.5. The number of anilines is 2. The second-order valence-corrected chi connectivity index (χ2v) is 10.6. The molecule has 2 heterocycles. The van der Waals surface area contributed by atoms with Crippen LogP contribution in [-0.4, -0.2) is 87.2 Å². The van der Waals surface area contributed by atoms with Crippen molar-refractivity contribution >= 4 is 27.3 Å². The molecular formula is C24H32N4O5S. The molecule has 2 aromatic carbocycles. The van der Waals surface area contributed by atoms with Gasteiger partial charge in [-0.15, -0.1) is 0 Å². The summed E-state index contributed by atoms with van der Waals surface area (Å²) >= 11 is 0. The topological polar surface area (TPSA) is 102 Å². The Hall–Kier alpha value is -2.66. The number of amides is 1. The normalized spacial score (nSPS) is 19.1. The van der Waals surface area contributed by atoms with Crippen molar-refractivity contribution in [3.8, 4) is 5.75 Å². The Balaban J connectivity index is 1.40. The summed E-state index contributed by atoms with van der Waals surface area (Å²) < 4.78 is 33.0. The van der Waals surface area contributed by atoms with Crippen molar-refractivity contribution in [1.29, 1.82) is 0 Å².